The molecule has 1 saturated heterocycles. The van der Waals surface area contributed by atoms with E-state index in [0.717, 1.165) is 18.4 Å². The molecule has 1 fully saturated rings. The van der Waals surface area contributed by atoms with E-state index in [1.54, 1.807) is 30.2 Å². The molecule has 0 unspecified atom stereocenters. The smallest absolute Gasteiger partial charge is 0.269 e. The van der Waals surface area contributed by atoms with E-state index in [9.17, 15) is 14.9 Å². The monoisotopic (exact) mass is 431 g/mol. The number of thiazole rings is 1. The summed E-state index contributed by atoms with van der Waals surface area (Å²) in [5.41, 5.74) is 0.646. The molecule has 0 aliphatic carbocycles. The van der Waals surface area contributed by atoms with Gasteiger partial charge in [0.1, 0.15) is 10.7 Å². The highest BCUT2D eigenvalue weighted by Crippen LogP contribution is 2.12. The molecule has 0 saturated carbocycles. The first-order valence-corrected chi connectivity index (χ1v) is 10.6. The number of hydrogen-bond acceptors (Lipinski definition) is 5. The largest absolute Gasteiger partial charge is 0.385 e. The van der Waals surface area contributed by atoms with Crippen LogP contribution in [-0.2, 0) is 16.1 Å². The number of ether oxygens (including phenoxy) is 1. The van der Waals surface area contributed by atoms with Crippen molar-refractivity contribution >= 4 is 40.5 Å². The van der Waals surface area contributed by atoms with Crippen LogP contribution < -0.4 is 14.8 Å². The van der Waals surface area contributed by atoms with Crippen molar-refractivity contribution in [2.45, 2.75) is 25.8 Å². The number of hydrogen-bond donors (Lipinski definition) is 0. The topological polar surface area (TPSA) is 75.3 Å². The van der Waals surface area contributed by atoms with Gasteiger partial charge in [0.2, 0.25) is 0 Å². The van der Waals surface area contributed by atoms with Crippen LogP contribution in [0.2, 0.25) is 5.02 Å². The third-order valence-electron chi connectivity index (χ3n) is 4.74. The molecule has 0 N–H and O–H groups in total. The zero-order valence-corrected chi connectivity index (χ0v) is 17.8. The number of nitrogens with zero attached hydrogens (tertiary/aromatic N) is 3. The number of halogens is 1. The van der Waals surface area contributed by atoms with Crippen LogP contribution in [-0.4, -0.2) is 42.2 Å². The molecule has 1 aromatic heterocycles. The minimum absolute atomic E-state index is 0.0298. The van der Waals surface area contributed by atoms with Crippen molar-refractivity contribution in [1.82, 2.24) is 9.47 Å². The number of carbonyl (C=O) groups is 1. The fourth-order valence-corrected chi connectivity index (χ4v) is 4.50. The zero-order valence-electron chi connectivity index (χ0n) is 16.2. The Balaban J connectivity index is 2.15. The van der Waals surface area contributed by atoms with Crippen LogP contribution in [0.1, 0.15) is 24.8 Å². The van der Waals surface area contributed by atoms with E-state index in [2.05, 4.69) is 6.07 Å². The number of likely N-dealkylation sites (tertiary alicyclic amines) is 1. The molecule has 3 rings (SSSR count). The number of aromatic nitrogens is 1. The lowest BCUT2D eigenvalue weighted by atomic mass is 10.2. The van der Waals surface area contributed by atoms with E-state index >= 15 is 0 Å². The second kappa shape index (κ2) is 9.88. The van der Waals surface area contributed by atoms with Crippen molar-refractivity contribution in [3.05, 3.63) is 54.4 Å². The van der Waals surface area contributed by atoms with Gasteiger partial charge in [-0.25, -0.2) is 0 Å². The third-order valence-corrected chi connectivity index (χ3v) is 6.12. The zero-order chi connectivity index (χ0) is 20.8. The van der Waals surface area contributed by atoms with Gasteiger partial charge >= 0.3 is 0 Å². The molecule has 0 radical (unpaired) electrons. The van der Waals surface area contributed by atoms with Crippen LogP contribution in [0.5, 0.6) is 0 Å². The van der Waals surface area contributed by atoms with Gasteiger partial charge in [0.05, 0.1) is 4.53 Å². The maximum Gasteiger partial charge on any atom is 0.269 e. The average molecular weight is 432 g/mol. The Bertz CT molecular complexity index is 1090. The highest BCUT2D eigenvalue weighted by molar-refractivity contribution is 7.07. The lowest BCUT2D eigenvalue weighted by Crippen LogP contribution is -2.36. The van der Waals surface area contributed by atoms with Crippen molar-refractivity contribution in [3.63, 3.8) is 0 Å². The molecule has 1 amide bonds. The van der Waals surface area contributed by atoms with Gasteiger partial charge in [0, 0.05) is 38.4 Å². The molecule has 29 heavy (non-hydrogen) atoms. The molecule has 2 aromatic rings. The number of nitriles is 1. The lowest BCUT2D eigenvalue weighted by molar-refractivity contribution is -0.123. The second-order valence-corrected chi connectivity index (χ2v) is 8.22. The number of methoxy groups -OCH3 is 1. The van der Waals surface area contributed by atoms with E-state index in [1.165, 1.54) is 15.9 Å². The first-order valence-electron chi connectivity index (χ1n) is 9.44. The van der Waals surface area contributed by atoms with Crippen LogP contribution in [0.15, 0.2) is 29.1 Å². The maximum atomic E-state index is 13.0. The molecule has 1 aliphatic heterocycles. The van der Waals surface area contributed by atoms with Gasteiger partial charge < -0.3 is 9.64 Å². The number of amides is 1. The van der Waals surface area contributed by atoms with Crippen molar-refractivity contribution < 1.29 is 9.53 Å². The number of benzene rings is 1. The summed E-state index contributed by atoms with van der Waals surface area (Å²) in [7, 11) is 1.60. The van der Waals surface area contributed by atoms with E-state index in [0.29, 0.717) is 46.9 Å². The molecule has 8 heteroatoms. The fourth-order valence-electron chi connectivity index (χ4n) is 3.25. The molecular formula is C21H22ClN3O3S. The van der Waals surface area contributed by atoms with Crippen LogP contribution >= 0.6 is 22.9 Å². The van der Waals surface area contributed by atoms with E-state index < -0.39 is 0 Å². The van der Waals surface area contributed by atoms with E-state index in [1.807, 2.05) is 12.1 Å². The Hall–Kier alpha value is -2.40. The van der Waals surface area contributed by atoms with Gasteiger partial charge in [-0.3, -0.25) is 14.2 Å². The van der Waals surface area contributed by atoms with Crippen molar-refractivity contribution in [3.8, 4) is 6.07 Å². The predicted molar refractivity (Wildman–Crippen MR) is 114 cm³/mol. The van der Waals surface area contributed by atoms with Gasteiger partial charge in [-0.2, -0.15) is 5.26 Å². The summed E-state index contributed by atoms with van der Waals surface area (Å²) >= 11 is 7.11. The number of carbonyl (C=O) groups excluding carboxylic acids is 1. The van der Waals surface area contributed by atoms with Crippen molar-refractivity contribution in [2.24, 2.45) is 0 Å². The summed E-state index contributed by atoms with van der Waals surface area (Å²) in [6, 6.07) is 9.20. The first kappa shape index (κ1) is 21.3. The van der Waals surface area contributed by atoms with Crippen molar-refractivity contribution in [2.75, 3.05) is 26.8 Å². The SMILES string of the molecule is COCCCn1c(=O)/c(=C/c2ccc(Cl)cc2)s/c1=C(\C#N)C(=O)N1CCCC1. The Kier molecular flexibility index (Phi) is 7.26. The summed E-state index contributed by atoms with van der Waals surface area (Å²) in [6.07, 6.45) is 4.24. The van der Waals surface area contributed by atoms with Crippen molar-refractivity contribution in [1.29, 1.82) is 5.26 Å². The summed E-state index contributed by atoms with van der Waals surface area (Å²) < 4.78 is 7.50. The molecule has 1 aromatic carbocycles. The lowest BCUT2D eigenvalue weighted by Gasteiger charge is -2.14. The molecule has 6 nitrogen and oxygen atoms in total. The normalized spacial score (nSPS) is 15.5. The van der Waals surface area contributed by atoms with Gasteiger partial charge in [0.25, 0.3) is 11.5 Å². The van der Waals surface area contributed by atoms with E-state index in [4.69, 9.17) is 16.3 Å². The number of rotatable bonds is 6. The summed E-state index contributed by atoms with van der Waals surface area (Å²) in [5, 5.41) is 10.3. The molecular weight excluding hydrogens is 410 g/mol. The minimum Gasteiger partial charge on any atom is -0.385 e. The van der Waals surface area contributed by atoms with Crippen LogP contribution in [0.4, 0.5) is 0 Å². The summed E-state index contributed by atoms with van der Waals surface area (Å²) in [5.74, 6) is -0.301. The highest BCUT2D eigenvalue weighted by Gasteiger charge is 2.24. The predicted octanol–water partition coefficient (Wildman–Crippen LogP) is 1.73. The van der Waals surface area contributed by atoms with Crippen LogP contribution in [0, 0.1) is 11.3 Å². The fraction of sp³-hybridized carbons (Fsp3) is 0.381. The molecule has 152 valence electrons. The minimum atomic E-state index is -0.301. The molecule has 0 bridgehead atoms. The Morgan fingerprint density at radius 2 is 2.00 bits per heavy atom. The van der Waals surface area contributed by atoms with Gasteiger partial charge in [0.15, 0.2) is 5.57 Å². The summed E-state index contributed by atoms with van der Waals surface area (Å²) in [6.45, 7) is 2.16. The third kappa shape index (κ3) is 4.96. The second-order valence-electron chi connectivity index (χ2n) is 6.76. The van der Waals surface area contributed by atoms with E-state index in [-0.39, 0.29) is 17.0 Å². The molecule has 0 spiro atoms. The maximum absolute atomic E-state index is 13.0. The van der Waals surface area contributed by atoms with Gasteiger partial charge in [-0.1, -0.05) is 23.7 Å². The Labute approximate surface area is 177 Å². The van der Waals surface area contributed by atoms with Gasteiger partial charge in [-0.05, 0) is 43.0 Å². The Morgan fingerprint density at radius 1 is 1.31 bits per heavy atom. The average Bonchev–Trinajstić information content (AvgIpc) is 3.35. The molecule has 2 heterocycles. The van der Waals surface area contributed by atoms with Gasteiger partial charge in [-0.15, -0.1) is 11.3 Å². The standard InChI is InChI=1S/C21H22ClN3O3S/c1-28-12-4-11-25-20(27)18(13-15-5-7-16(22)8-6-15)29-21(25)17(14-23)19(26)24-9-2-3-10-24/h5-8,13H,2-4,9-12H2,1H3/b18-13-,21-17+. The summed E-state index contributed by atoms with van der Waals surface area (Å²) in [4.78, 5) is 27.6. The van der Waals surface area contributed by atoms with Crippen LogP contribution in [0.3, 0.4) is 0 Å². The van der Waals surface area contributed by atoms with Crippen LogP contribution in [0.25, 0.3) is 11.6 Å². The quantitative estimate of drug-likeness (QED) is 0.653. The molecule has 1 aliphatic rings. The first-order chi connectivity index (χ1) is 14.0. The Morgan fingerprint density at radius 3 is 2.62 bits per heavy atom. The highest BCUT2D eigenvalue weighted by atomic mass is 35.5. The molecule has 0 atom stereocenters.